The number of thioether (sulfide) groups is 1. The van der Waals surface area contributed by atoms with E-state index in [1.165, 1.54) is 10.5 Å². The molecule has 0 radical (unpaired) electrons. The molecule has 110 valence electrons. The Morgan fingerprint density at radius 2 is 1.86 bits per heavy atom. The van der Waals surface area contributed by atoms with Gasteiger partial charge in [-0.1, -0.05) is 12.1 Å². The van der Waals surface area contributed by atoms with Gasteiger partial charge in [0.05, 0.1) is 0 Å². The third-order valence-electron chi connectivity index (χ3n) is 3.36. The molecule has 0 aliphatic heterocycles. The zero-order valence-electron chi connectivity index (χ0n) is 12.6. The van der Waals surface area contributed by atoms with Gasteiger partial charge in [-0.3, -0.25) is 4.79 Å². The molecule has 0 aliphatic rings. The molecular weight excluding hydrogens is 280 g/mol. The smallest absolute Gasteiger partial charge is 0.251 e. The number of hydrogen-bond acceptors (Lipinski definition) is 3. The molecule has 1 amide bonds. The van der Waals surface area contributed by atoms with Crippen LogP contribution in [0.1, 0.15) is 21.5 Å². The summed E-state index contributed by atoms with van der Waals surface area (Å²) in [6, 6.07) is 14.2. The van der Waals surface area contributed by atoms with Gasteiger partial charge in [0.25, 0.3) is 5.91 Å². The van der Waals surface area contributed by atoms with E-state index in [2.05, 4.69) is 41.2 Å². The highest BCUT2D eigenvalue weighted by Gasteiger charge is 2.05. The number of rotatable bonds is 5. The minimum absolute atomic E-state index is 0.0581. The van der Waals surface area contributed by atoms with Crippen molar-refractivity contribution in [2.75, 3.05) is 18.6 Å². The standard InChI is InChI=1S/C17H20N2OS/c1-12-10-14(17(20)18-2)6-9-16(12)19-11-13-4-7-15(21-3)8-5-13/h4-10,19H,11H2,1-3H3,(H,18,20). The van der Waals surface area contributed by atoms with Crippen LogP contribution in [0.4, 0.5) is 5.69 Å². The first-order valence-electron chi connectivity index (χ1n) is 6.83. The minimum Gasteiger partial charge on any atom is -0.381 e. The van der Waals surface area contributed by atoms with Gasteiger partial charge >= 0.3 is 0 Å². The lowest BCUT2D eigenvalue weighted by atomic mass is 10.1. The Bertz CT molecular complexity index is 623. The summed E-state index contributed by atoms with van der Waals surface area (Å²) in [5.41, 5.74) is 4.04. The highest BCUT2D eigenvalue weighted by atomic mass is 32.2. The average molecular weight is 300 g/mol. The van der Waals surface area contributed by atoms with Gasteiger partial charge in [0, 0.05) is 29.7 Å². The van der Waals surface area contributed by atoms with Crippen LogP contribution in [0.5, 0.6) is 0 Å². The van der Waals surface area contributed by atoms with Crippen molar-refractivity contribution in [3.8, 4) is 0 Å². The number of carbonyl (C=O) groups is 1. The van der Waals surface area contributed by atoms with Crippen molar-refractivity contribution in [1.82, 2.24) is 5.32 Å². The van der Waals surface area contributed by atoms with Gasteiger partial charge in [-0.05, 0) is 54.6 Å². The molecule has 0 spiro atoms. The number of hydrogen-bond donors (Lipinski definition) is 2. The SMILES string of the molecule is CNC(=O)c1ccc(NCc2ccc(SC)cc2)c(C)c1. The van der Waals surface area contributed by atoms with E-state index >= 15 is 0 Å². The first-order chi connectivity index (χ1) is 10.1. The monoisotopic (exact) mass is 300 g/mol. The lowest BCUT2D eigenvalue weighted by Crippen LogP contribution is -2.17. The first kappa shape index (κ1) is 15.4. The number of aryl methyl sites for hydroxylation is 1. The van der Waals surface area contributed by atoms with E-state index in [9.17, 15) is 4.79 Å². The number of benzene rings is 2. The average Bonchev–Trinajstić information content (AvgIpc) is 2.53. The first-order valence-corrected chi connectivity index (χ1v) is 8.06. The van der Waals surface area contributed by atoms with E-state index in [4.69, 9.17) is 0 Å². The number of amides is 1. The Balaban J connectivity index is 2.04. The summed E-state index contributed by atoms with van der Waals surface area (Å²) in [5.74, 6) is -0.0581. The van der Waals surface area contributed by atoms with E-state index < -0.39 is 0 Å². The molecule has 0 unspecified atom stereocenters. The Hall–Kier alpha value is -1.94. The molecule has 0 aliphatic carbocycles. The lowest BCUT2D eigenvalue weighted by molar-refractivity contribution is 0.0963. The highest BCUT2D eigenvalue weighted by molar-refractivity contribution is 7.98. The maximum atomic E-state index is 11.6. The molecule has 0 aromatic heterocycles. The fraction of sp³-hybridized carbons (Fsp3) is 0.235. The van der Waals surface area contributed by atoms with Crippen LogP contribution in [0.3, 0.4) is 0 Å². The van der Waals surface area contributed by atoms with Crippen LogP contribution in [0.15, 0.2) is 47.4 Å². The van der Waals surface area contributed by atoms with Gasteiger partial charge in [-0.25, -0.2) is 0 Å². The third kappa shape index (κ3) is 4.02. The van der Waals surface area contributed by atoms with Crippen molar-refractivity contribution in [3.05, 3.63) is 59.2 Å². The molecule has 0 heterocycles. The van der Waals surface area contributed by atoms with Crippen LogP contribution in [0.2, 0.25) is 0 Å². The normalized spacial score (nSPS) is 10.2. The summed E-state index contributed by atoms with van der Waals surface area (Å²) in [6.07, 6.45) is 2.07. The van der Waals surface area contributed by atoms with Gasteiger partial charge < -0.3 is 10.6 Å². The second-order valence-corrected chi connectivity index (χ2v) is 5.69. The van der Waals surface area contributed by atoms with Gasteiger partial charge in [-0.2, -0.15) is 0 Å². The molecule has 4 heteroatoms. The quantitative estimate of drug-likeness (QED) is 0.828. The van der Waals surface area contributed by atoms with E-state index in [1.54, 1.807) is 18.8 Å². The maximum absolute atomic E-state index is 11.6. The van der Waals surface area contributed by atoms with E-state index in [-0.39, 0.29) is 5.91 Å². The molecule has 3 nitrogen and oxygen atoms in total. The van der Waals surface area contributed by atoms with Gasteiger partial charge in [0.2, 0.25) is 0 Å². The number of nitrogens with one attached hydrogen (secondary N) is 2. The third-order valence-corrected chi connectivity index (χ3v) is 4.10. The summed E-state index contributed by atoms with van der Waals surface area (Å²) >= 11 is 1.74. The van der Waals surface area contributed by atoms with Crippen LogP contribution >= 0.6 is 11.8 Å². The number of carbonyl (C=O) groups excluding carboxylic acids is 1. The molecule has 2 aromatic rings. The van der Waals surface area contributed by atoms with Gasteiger partial charge in [-0.15, -0.1) is 11.8 Å². The Kier molecular flexibility index (Phi) is 5.28. The topological polar surface area (TPSA) is 41.1 Å². The van der Waals surface area contributed by atoms with Crippen molar-refractivity contribution in [2.24, 2.45) is 0 Å². The van der Waals surface area contributed by atoms with Crippen molar-refractivity contribution in [1.29, 1.82) is 0 Å². The largest absolute Gasteiger partial charge is 0.381 e. The fourth-order valence-electron chi connectivity index (χ4n) is 2.09. The molecular formula is C17H20N2OS. The Morgan fingerprint density at radius 1 is 1.14 bits per heavy atom. The van der Waals surface area contributed by atoms with Crippen LogP contribution in [-0.4, -0.2) is 19.2 Å². The molecule has 0 saturated heterocycles. The molecule has 21 heavy (non-hydrogen) atoms. The zero-order valence-corrected chi connectivity index (χ0v) is 13.4. The summed E-state index contributed by atoms with van der Waals surface area (Å²) in [4.78, 5) is 12.9. The maximum Gasteiger partial charge on any atom is 0.251 e. The zero-order chi connectivity index (χ0) is 15.2. The van der Waals surface area contributed by atoms with Crippen LogP contribution in [0.25, 0.3) is 0 Å². The van der Waals surface area contributed by atoms with Gasteiger partial charge in [0.1, 0.15) is 0 Å². The van der Waals surface area contributed by atoms with Crippen LogP contribution < -0.4 is 10.6 Å². The predicted molar refractivity (Wildman–Crippen MR) is 90.1 cm³/mol. The van der Waals surface area contributed by atoms with E-state index in [0.717, 1.165) is 17.8 Å². The molecule has 0 fully saturated rings. The second kappa shape index (κ2) is 7.18. The molecule has 0 saturated carbocycles. The van der Waals surface area contributed by atoms with E-state index in [1.807, 2.05) is 25.1 Å². The van der Waals surface area contributed by atoms with E-state index in [0.29, 0.717) is 5.56 Å². The van der Waals surface area contributed by atoms with Crippen LogP contribution in [0, 0.1) is 6.92 Å². The Labute approximate surface area is 130 Å². The lowest BCUT2D eigenvalue weighted by Gasteiger charge is -2.11. The number of anilines is 1. The summed E-state index contributed by atoms with van der Waals surface area (Å²) in [5, 5.41) is 6.05. The van der Waals surface area contributed by atoms with Crippen molar-refractivity contribution in [3.63, 3.8) is 0 Å². The molecule has 2 N–H and O–H groups in total. The second-order valence-electron chi connectivity index (χ2n) is 4.81. The molecule has 0 bridgehead atoms. The van der Waals surface area contributed by atoms with Crippen LogP contribution in [-0.2, 0) is 6.54 Å². The van der Waals surface area contributed by atoms with Crippen molar-refractivity contribution >= 4 is 23.4 Å². The van der Waals surface area contributed by atoms with Gasteiger partial charge in [0.15, 0.2) is 0 Å². The summed E-state index contributed by atoms with van der Waals surface area (Å²) < 4.78 is 0. The fourth-order valence-corrected chi connectivity index (χ4v) is 2.50. The Morgan fingerprint density at radius 3 is 2.43 bits per heavy atom. The summed E-state index contributed by atoms with van der Waals surface area (Å²) in [7, 11) is 1.64. The molecule has 2 aromatic carbocycles. The predicted octanol–water partition coefficient (Wildman–Crippen LogP) is 3.69. The van der Waals surface area contributed by atoms with Crippen molar-refractivity contribution in [2.45, 2.75) is 18.4 Å². The summed E-state index contributed by atoms with van der Waals surface area (Å²) in [6.45, 7) is 2.78. The highest BCUT2D eigenvalue weighted by Crippen LogP contribution is 2.19. The van der Waals surface area contributed by atoms with Crippen molar-refractivity contribution < 1.29 is 4.79 Å². The minimum atomic E-state index is -0.0581. The molecule has 0 atom stereocenters. The molecule has 2 rings (SSSR count).